The van der Waals surface area contributed by atoms with Crippen LogP contribution in [0.5, 0.6) is 17.2 Å². The summed E-state index contributed by atoms with van der Waals surface area (Å²) in [4.78, 5) is 0. The van der Waals surface area contributed by atoms with Crippen LogP contribution in [0.25, 0.3) is 11.1 Å². The molecule has 0 aliphatic heterocycles. The second-order valence-corrected chi connectivity index (χ2v) is 4.81. The van der Waals surface area contributed by atoms with Crippen LogP contribution >= 0.6 is 0 Å². The van der Waals surface area contributed by atoms with Crippen molar-refractivity contribution in [3.8, 4) is 28.4 Å². The number of ether oxygens (including phenoxy) is 1. The number of phenols is 2. The fraction of sp³-hybridized carbons (Fsp3) is 0.294. The fourth-order valence-electron chi connectivity index (χ4n) is 2.63. The maximum Gasteiger partial charge on any atom is 0.127 e. The molecule has 2 aromatic carbocycles. The van der Waals surface area contributed by atoms with Crippen molar-refractivity contribution in [3.05, 3.63) is 41.5 Å². The van der Waals surface area contributed by atoms with Gasteiger partial charge in [0.15, 0.2) is 0 Å². The van der Waals surface area contributed by atoms with E-state index in [2.05, 4.69) is 0 Å². The van der Waals surface area contributed by atoms with Crippen molar-refractivity contribution in [2.45, 2.75) is 19.8 Å². The quantitative estimate of drug-likeness (QED) is 0.791. The molecule has 0 aliphatic carbocycles. The lowest BCUT2D eigenvalue weighted by Crippen LogP contribution is -2.01. The Morgan fingerprint density at radius 1 is 1.05 bits per heavy atom. The van der Waals surface area contributed by atoms with Crippen LogP contribution in [0.2, 0.25) is 0 Å². The molecular weight excluding hydrogens is 268 g/mol. The zero-order valence-corrected chi connectivity index (χ0v) is 12.3. The van der Waals surface area contributed by atoms with E-state index in [1.807, 2.05) is 31.2 Å². The van der Waals surface area contributed by atoms with E-state index in [1.165, 1.54) is 6.07 Å². The Labute approximate surface area is 124 Å². The molecule has 2 aromatic rings. The molecule has 4 nitrogen and oxygen atoms in total. The summed E-state index contributed by atoms with van der Waals surface area (Å²) in [5.41, 5.74) is 2.95. The molecule has 0 unspecified atom stereocenters. The van der Waals surface area contributed by atoms with E-state index in [-0.39, 0.29) is 18.1 Å². The summed E-state index contributed by atoms with van der Waals surface area (Å²) in [6, 6.07) is 8.72. The first-order chi connectivity index (χ1) is 10.1. The average Bonchev–Trinajstić information content (AvgIpc) is 2.47. The first kappa shape index (κ1) is 15.2. The fourth-order valence-corrected chi connectivity index (χ4v) is 2.63. The van der Waals surface area contributed by atoms with Gasteiger partial charge in [-0.2, -0.15) is 0 Å². The number of phenolic OH excluding ortho intramolecular Hbond substituents is 2. The first-order valence-corrected chi connectivity index (χ1v) is 6.94. The van der Waals surface area contributed by atoms with Gasteiger partial charge in [0.2, 0.25) is 0 Å². The van der Waals surface area contributed by atoms with Gasteiger partial charge in [-0.1, -0.05) is 19.1 Å². The molecule has 21 heavy (non-hydrogen) atoms. The molecule has 0 heterocycles. The Hall–Kier alpha value is -2.20. The predicted molar refractivity (Wildman–Crippen MR) is 81.9 cm³/mol. The molecule has 0 fully saturated rings. The van der Waals surface area contributed by atoms with E-state index >= 15 is 0 Å². The van der Waals surface area contributed by atoms with Crippen LogP contribution < -0.4 is 4.74 Å². The second kappa shape index (κ2) is 6.50. The van der Waals surface area contributed by atoms with Gasteiger partial charge < -0.3 is 20.1 Å². The van der Waals surface area contributed by atoms with Gasteiger partial charge in [0.1, 0.15) is 17.2 Å². The summed E-state index contributed by atoms with van der Waals surface area (Å²) in [7, 11) is 1.59. The molecule has 0 atom stereocenters. The summed E-state index contributed by atoms with van der Waals surface area (Å²) in [6.07, 6.45) is 0.996. The third-order valence-electron chi connectivity index (χ3n) is 3.58. The van der Waals surface area contributed by atoms with Crippen LogP contribution in [0.3, 0.4) is 0 Å². The van der Waals surface area contributed by atoms with E-state index < -0.39 is 0 Å². The molecular formula is C17H20O4. The molecule has 0 amide bonds. The summed E-state index contributed by atoms with van der Waals surface area (Å²) in [6.45, 7) is 1.88. The lowest BCUT2D eigenvalue weighted by atomic mass is 9.90. The van der Waals surface area contributed by atoms with E-state index in [4.69, 9.17) is 4.74 Å². The number of aliphatic hydroxyl groups is 1. The molecule has 2 rings (SSSR count). The number of rotatable bonds is 5. The smallest absolute Gasteiger partial charge is 0.127 e. The lowest BCUT2D eigenvalue weighted by Gasteiger charge is -2.17. The zero-order chi connectivity index (χ0) is 15.4. The van der Waals surface area contributed by atoms with Crippen molar-refractivity contribution in [3.63, 3.8) is 0 Å². The standard InChI is InChI=1S/C17H20O4/c1-3-13-14(7-8-18)17(16(20)10-15(13)19)11-5-4-6-12(9-11)21-2/h4-6,9-10,18-20H,3,7-8H2,1-2H3. The maximum atomic E-state index is 10.3. The molecule has 0 radical (unpaired) electrons. The van der Waals surface area contributed by atoms with Crippen LogP contribution in [0.4, 0.5) is 0 Å². The highest BCUT2D eigenvalue weighted by atomic mass is 16.5. The van der Waals surface area contributed by atoms with Crippen molar-refractivity contribution in [2.75, 3.05) is 13.7 Å². The number of aromatic hydroxyl groups is 2. The molecule has 3 N–H and O–H groups in total. The molecule has 0 bridgehead atoms. The largest absolute Gasteiger partial charge is 0.508 e. The monoisotopic (exact) mass is 288 g/mol. The topological polar surface area (TPSA) is 69.9 Å². The third-order valence-corrected chi connectivity index (χ3v) is 3.58. The Bertz CT molecular complexity index is 635. The lowest BCUT2D eigenvalue weighted by molar-refractivity contribution is 0.299. The van der Waals surface area contributed by atoms with E-state index in [1.54, 1.807) is 7.11 Å². The Morgan fingerprint density at radius 2 is 1.81 bits per heavy atom. The maximum absolute atomic E-state index is 10.3. The highest BCUT2D eigenvalue weighted by molar-refractivity contribution is 5.77. The Morgan fingerprint density at radius 3 is 2.43 bits per heavy atom. The van der Waals surface area contributed by atoms with Gasteiger partial charge in [0.25, 0.3) is 0 Å². The van der Waals surface area contributed by atoms with Gasteiger partial charge in [-0.15, -0.1) is 0 Å². The van der Waals surface area contributed by atoms with Crippen molar-refractivity contribution >= 4 is 0 Å². The van der Waals surface area contributed by atoms with Gasteiger partial charge in [-0.05, 0) is 41.7 Å². The van der Waals surface area contributed by atoms with Gasteiger partial charge >= 0.3 is 0 Å². The molecule has 4 heteroatoms. The Balaban J connectivity index is 2.71. The Kier molecular flexibility index (Phi) is 4.70. The number of hydrogen-bond acceptors (Lipinski definition) is 4. The van der Waals surface area contributed by atoms with Gasteiger partial charge in [0, 0.05) is 18.2 Å². The van der Waals surface area contributed by atoms with E-state index in [0.717, 1.165) is 16.7 Å². The van der Waals surface area contributed by atoms with Crippen LogP contribution in [0.1, 0.15) is 18.1 Å². The third kappa shape index (κ3) is 2.95. The highest BCUT2D eigenvalue weighted by Gasteiger charge is 2.18. The molecule has 0 aliphatic rings. The molecule has 0 saturated heterocycles. The number of benzene rings is 2. The van der Waals surface area contributed by atoms with Gasteiger partial charge in [-0.3, -0.25) is 0 Å². The van der Waals surface area contributed by atoms with Gasteiger partial charge in [-0.25, -0.2) is 0 Å². The van der Waals surface area contributed by atoms with Crippen molar-refractivity contribution in [1.29, 1.82) is 0 Å². The molecule has 0 spiro atoms. The van der Waals surface area contributed by atoms with Crippen LogP contribution in [-0.4, -0.2) is 29.0 Å². The van der Waals surface area contributed by atoms with Gasteiger partial charge in [0.05, 0.1) is 7.11 Å². The predicted octanol–water partition coefficient (Wildman–Crippen LogP) is 2.87. The van der Waals surface area contributed by atoms with E-state index in [9.17, 15) is 15.3 Å². The summed E-state index contributed by atoms with van der Waals surface area (Å²) in [5, 5.41) is 29.6. The number of aliphatic hydroxyl groups excluding tert-OH is 1. The van der Waals surface area contributed by atoms with Crippen molar-refractivity contribution in [2.24, 2.45) is 0 Å². The first-order valence-electron chi connectivity index (χ1n) is 6.94. The number of methoxy groups -OCH3 is 1. The van der Waals surface area contributed by atoms with Crippen molar-refractivity contribution in [1.82, 2.24) is 0 Å². The minimum Gasteiger partial charge on any atom is -0.508 e. The highest BCUT2D eigenvalue weighted by Crippen LogP contribution is 2.40. The zero-order valence-electron chi connectivity index (χ0n) is 12.3. The van der Waals surface area contributed by atoms with Crippen LogP contribution in [0.15, 0.2) is 30.3 Å². The number of hydrogen-bond donors (Lipinski definition) is 3. The molecule has 112 valence electrons. The summed E-state index contributed by atoms with van der Waals surface area (Å²) in [5.74, 6) is 0.750. The minimum atomic E-state index is -0.0487. The second-order valence-electron chi connectivity index (χ2n) is 4.81. The van der Waals surface area contributed by atoms with Crippen molar-refractivity contribution < 1.29 is 20.1 Å². The van der Waals surface area contributed by atoms with Crippen LogP contribution in [0, 0.1) is 0 Å². The summed E-state index contributed by atoms with van der Waals surface area (Å²) >= 11 is 0. The minimum absolute atomic E-state index is 0.00130. The molecule has 0 aromatic heterocycles. The normalized spacial score (nSPS) is 10.6. The van der Waals surface area contributed by atoms with E-state index in [0.29, 0.717) is 24.2 Å². The SMILES string of the molecule is CCc1c(O)cc(O)c(-c2cccc(OC)c2)c1CCO. The van der Waals surface area contributed by atoms with Crippen LogP contribution in [-0.2, 0) is 12.8 Å². The average molecular weight is 288 g/mol. The summed E-state index contributed by atoms with van der Waals surface area (Å²) < 4.78 is 5.22. The molecule has 0 saturated carbocycles.